The summed E-state index contributed by atoms with van der Waals surface area (Å²) in [6.07, 6.45) is 2.18. The number of benzene rings is 1. The van der Waals surface area contributed by atoms with Crippen molar-refractivity contribution in [2.24, 2.45) is 5.73 Å². The number of fused-ring (bicyclic) bond motifs is 1. The molecule has 1 aromatic carbocycles. The molecule has 0 radical (unpaired) electrons. The van der Waals surface area contributed by atoms with Crippen LogP contribution >= 0.6 is 0 Å². The zero-order valence-corrected chi connectivity index (χ0v) is 10.6. The van der Waals surface area contributed by atoms with Crippen LogP contribution in [0.1, 0.15) is 31.4 Å². The van der Waals surface area contributed by atoms with Crippen LogP contribution in [0.15, 0.2) is 18.2 Å². The number of rotatable bonds is 3. The molecule has 0 atom stereocenters. The third-order valence-corrected chi connectivity index (χ3v) is 3.50. The van der Waals surface area contributed by atoms with Crippen molar-refractivity contribution >= 4 is 5.69 Å². The van der Waals surface area contributed by atoms with Crippen LogP contribution in [0.25, 0.3) is 0 Å². The fraction of sp³-hybridized carbons (Fsp3) is 0.571. The lowest BCUT2D eigenvalue weighted by molar-refractivity contribution is 0.562. The smallest absolute Gasteiger partial charge is 0.0402 e. The summed E-state index contributed by atoms with van der Waals surface area (Å²) in [7, 11) is 2.17. The largest absolute Gasteiger partial charge is 0.373 e. The van der Waals surface area contributed by atoms with Crippen LogP contribution in [-0.2, 0) is 11.8 Å². The van der Waals surface area contributed by atoms with E-state index in [0.717, 1.165) is 25.9 Å². The lowest BCUT2D eigenvalue weighted by Crippen LogP contribution is -2.24. The number of nitrogens with two attached hydrogens (primary N) is 1. The first-order valence-corrected chi connectivity index (χ1v) is 6.09. The molecule has 1 heterocycles. The molecule has 1 aliphatic rings. The molecule has 1 aliphatic heterocycles. The predicted molar refractivity (Wildman–Crippen MR) is 70.1 cm³/mol. The van der Waals surface area contributed by atoms with Crippen molar-refractivity contribution in [1.29, 1.82) is 0 Å². The van der Waals surface area contributed by atoms with Gasteiger partial charge in [0.1, 0.15) is 0 Å². The zero-order chi connectivity index (χ0) is 11.8. The van der Waals surface area contributed by atoms with Crippen LogP contribution < -0.4 is 10.6 Å². The first-order valence-electron chi connectivity index (χ1n) is 6.09. The average molecular weight is 218 g/mol. The molecule has 0 spiro atoms. The summed E-state index contributed by atoms with van der Waals surface area (Å²) < 4.78 is 0. The molecule has 16 heavy (non-hydrogen) atoms. The van der Waals surface area contributed by atoms with Gasteiger partial charge in [-0.1, -0.05) is 26.0 Å². The summed E-state index contributed by atoms with van der Waals surface area (Å²) in [6.45, 7) is 6.53. The van der Waals surface area contributed by atoms with Crippen molar-refractivity contribution in [3.05, 3.63) is 29.3 Å². The zero-order valence-electron chi connectivity index (χ0n) is 10.6. The van der Waals surface area contributed by atoms with Crippen molar-refractivity contribution in [2.75, 3.05) is 25.0 Å². The van der Waals surface area contributed by atoms with E-state index < -0.39 is 0 Å². The molecule has 0 aromatic heterocycles. The summed E-state index contributed by atoms with van der Waals surface area (Å²) in [6, 6.07) is 6.87. The Bertz CT molecular complexity index is 382. The van der Waals surface area contributed by atoms with E-state index in [9.17, 15) is 0 Å². The number of anilines is 1. The van der Waals surface area contributed by atoms with Gasteiger partial charge in [0, 0.05) is 24.7 Å². The second kappa shape index (κ2) is 4.10. The summed E-state index contributed by atoms with van der Waals surface area (Å²) >= 11 is 0. The van der Waals surface area contributed by atoms with Crippen molar-refractivity contribution in [3.63, 3.8) is 0 Å². The molecule has 1 aromatic rings. The highest BCUT2D eigenvalue weighted by Gasteiger charge is 2.33. The molecule has 2 nitrogen and oxygen atoms in total. The molecule has 0 amide bonds. The van der Waals surface area contributed by atoms with Crippen LogP contribution in [0.3, 0.4) is 0 Å². The van der Waals surface area contributed by atoms with Crippen molar-refractivity contribution in [1.82, 2.24) is 0 Å². The van der Waals surface area contributed by atoms with Gasteiger partial charge in [-0.05, 0) is 36.6 Å². The Morgan fingerprint density at radius 3 is 2.81 bits per heavy atom. The number of likely N-dealkylation sites (N-methyl/N-ethyl adjacent to an activating group) is 1. The number of nitrogens with zero attached hydrogens (tertiary/aromatic N) is 1. The molecule has 0 unspecified atom stereocenters. The molecule has 0 bridgehead atoms. The van der Waals surface area contributed by atoms with Crippen molar-refractivity contribution < 1.29 is 0 Å². The second-order valence-corrected chi connectivity index (χ2v) is 5.48. The summed E-state index contributed by atoms with van der Waals surface area (Å²) in [5.74, 6) is 0. The Kier molecular flexibility index (Phi) is 2.94. The van der Waals surface area contributed by atoms with Crippen LogP contribution in [-0.4, -0.2) is 20.1 Å². The Balaban J connectivity index is 2.31. The van der Waals surface area contributed by atoms with E-state index in [1.165, 1.54) is 16.8 Å². The van der Waals surface area contributed by atoms with Gasteiger partial charge in [0.05, 0.1) is 0 Å². The van der Waals surface area contributed by atoms with Gasteiger partial charge in [-0.25, -0.2) is 0 Å². The number of hydrogen-bond acceptors (Lipinski definition) is 2. The maximum Gasteiger partial charge on any atom is 0.0402 e. The van der Waals surface area contributed by atoms with Crippen molar-refractivity contribution in [2.45, 2.75) is 32.1 Å². The molecule has 2 rings (SSSR count). The normalized spacial score (nSPS) is 17.6. The second-order valence-electron chi connectivity index (χ2n) is 5.48. The molecule has 88 valence electrons. The fourth-order valence-corrected chi connectivity index (χ4v) is 2.68. The lowest BCUT2D eigenvalue weighted by Gasteiger charge is -2.18. The molecular weight excluding hydrogens is 196 g/mol. The van der Waals surface area contributed by atoms with Gasteiger partial charge in [0.15, 0.2) is 0 Å². The molecule has 0 aliphatic carbocycles. The van der Waals surface area contributed by atoms with Gasteiger partial charge in [0.25, 0.3) is 0 Å². The topological polar surface area (TPSA) is 29.3 Å². The van der Waals surface area contributed by atoms with Gasteiger partial charge in [0.2, 0.25) is 0 Å². The first-order chi connectivity index (χ1) is 7.54. The molecule has 2 N–H and O–H groups in total. The highest BCUT2D eigenvalue weighted by molar-refractivity contribution is 5.62. The van der Waals surface area contributed by atoms with Crippen LogP contribution in [0.4, 0.5) is 5.69 Å². The van der Waals surface area contributed by atoms with Crippen molar-refractivity contribution in [3.8, 4) is 0 Å². The van der Waals surface area contributed by atoms with Gasteiger partial charge in [-0.2, -0.15) is 0 Å². The van der Waals surface area contributed by atoms with E-state index in [4.69, 9.17) is 5.73 Å². The van der Waals surface area contributed by atoms with E-state index in [2.05, 4.69) is 44.0 Å². The standard InChI is InChI=1S/C14H22N2/c1-14(2)10-16(3)13-7-6-11(5-4-8-15)9-12(13)14/h6-7,9H,4-5,8,10,15H2,1-3H3. The predicted octanol–water partition coefficient (Wildman–Crippen LogP) is 2.31. The lowest BCUT2D eigenvalue weighted by atomic mass is 9.86. The van der Waals surface area contributed by atoms with Gasteiger partial charge >= 0.3 is 0 Å². The van der Waals surface area contributed by atoms with Gasteiger partial charge < -0.3 is 10.6 Å². The molecule has 0 fully saturated rings. The summed E-state index contributed by atoms with van der Waals surface area (Å²) in [4.78, 5) is 2.35. The van der Waals surface area contributed by atoms with Gasteiger partial charge in [-0.15, -0.1) is 0 Å². The molecular formula is C14H22N2. The number of aryl methyl sites for hydroxylation is 1. The van der Waals surface area contributed by atoms with Crippen LogP contribution in [0.2, 0.25) is 0 Å². The third-order valence-electron chi connectivity index (χ3n) is 3.50. The summed E-state index contributed by atoms with van der Waals surface area (Å²) in [5, 5.41) is 0. The average Bonchev–Trinajstić information content (AvgIpc) is 2.47. The van der Waals surface area contributed by atoms with Crippen LogP contribution in [0.5, 0.6) is 0 Å². The monoisotopic (exact) mass is 218 g/mol. The van der Waals surface area contributed by atoms with E-state index in [-0.39, 0.29) is 5.41 Å². The first kappa shape index (κ1) is 11.5. The Hall–Kier alpha value is -1.02. The Morgan fingerprint density at radius 1 is 1.38 bits per heavy atom. The minimum Gasteiger partial charge on any atom is -0.373 e. The highest BCUT2D eigenvalue weighted by Crippen LogP contribution is 2.39. The minimum absolute atomic E-state index is 0.281. The third kappa shape index (κ3) is 1.94. The summed E-state index contributed by atoms with van der Waals surface area (Å²) in [5.41, 5.74) is 10.1. The van der Waals surface area contributed by atoms with E-state index >= 15 is 0 Å². The van der Waals surface area contributed by atoms with Gasteiger partial charge in [-0.3, -0.25) is 0 Å². The molecule has 0 saturated heterocycles. The Labute approximate surface area is 98.4 Å². The maximum atomic E-state index is 5.56. The highest BCUT2D eigenvalue weighted by atomic mass is 15.1. The van der Waals surface area contributed by atoms with Crippen LogP contribution in [0, 0.1) is 0 Å². The SMILES string of the molecule is CN1CC(C)(C)c2cc(CCCN)ccc21. The van der Waals surface area contributed by atoms with E-state index in [1.54, 1.807) is 0 Å². The quantitative estimate of drug-likeness (QED) is 0.843. The maximum absolute atomic E-state index is 5.56. The minimum atomic E-state index is 0.281. The molecule has 0 saturated carbocycles. The van der Waals surface area contributed by atoms with E-state index in [0.29, 0.717) is 0 Å². The number of hydrogen-bond donors (Lipinski definition) is 1. The molecule has 2 heteroatoms. The Morgan fingerprint density at radius 2 is 2.12 bits per heavy atom. The fourth-order valence-electron chi connectivity index (χ4n) is 2.68. The van der Waals surface area contributed by atoms with E-state index in [1.807, 2.05) is 0 Å².